The first-order chi connectivity index (χ1) is 6.74. The Bertz CT molecular complexity index is 291. The average Bonchev–Trinajstić information content (AvgIpc) is 2.19. The molecule has 0 aromatic heterocycles. The zero-order chi connectivity index (χ0) is 10.4. The summed E-state index contributed by atoms with van der Waals surface area (Å²) in [6.45, 7) is 0. The van der Waals surface area contributed by atoms with Crippen LogP contribution < -0.4 is 5.09 Å². The molecule has 76 valence electrons. The molecule has 0 heterocycles. The minimum absolute atomic E-state index is 0.0302. The molecule has 1 amide bonds. The highest BCUT2D eigenvalue weighted by Gasteiger charge is 2.11. The van der Waals surface area contributed by atoms with Crippen molar-refractivity contribution in [3.63, 3.8) is 0 Å². The van der Waals surface area contributed by atoms with Crippen LogP contribution in [-0.4, -0.2) is 15.9 Å². The Morgan fingerprint density at radius 1 is 1.43 bits per heavy atom. The number of benzene rings is 1. The number of carbonyl (C=O) groups excluding carboxylic acids is 1. The molecule has 4 nitrogen and oxygen atoms in total. The van der Waals surface area contributed by atoms with Gasteiger partial charge in [-0.2, -0.15) is 0 Å². The fraction of sp³-hybridized carbons (Fsp3) is 0.222. The maximum absolute atomic E-state index is 11.0. The van der Waals surface area contributed by atoms with Crippen molar-refractivity contribution in [1.29, 1.82) is 0 Å². The molecule has 0 fully saturated rings. The standard InChI is InChI=1S/C9H12NO3P/c11-8(6-9(12)10-14-13)7-4-2-1-3-5-7/h1-5,8,11,13-14H,6H2,(H,10,12). The molecule has 5 heteroatoms. The Morgan fingerprint density at radius 2 is 2.07 bits per heavy atom. The van der Waals surface area contributed by atoms with Gasteiger partial charge in [-0.15, -0.1) is 0 Å². The van der Waals surface area contributed by atoms with Gasteiger partial charge in [0.2, 0.25) is 5.91 Å². The van der Waals surface area contributed by atoms with Crippen molar-refractivity contribution in [2.75, 3.05) is 0 Å². The predicted octanol–water partition coefficient (Wildman–Crippen LogP) is 0.727. The van der Waals surface area contributed by atoms with E-state index in [-0.39, 0.29) is 12.3 Å². The molecule has 2 unspecified atom stereocenters. The number of aliphatic hydroxyl groups is 1. The summed E-state index contributed by atoms with van der Waals surface area (Å²) in [5.74, 6) is -0.359. The van der Waals surface area contributed by atoms with Crippen molar-refractivity contribution in [2.45, 2.75) is 12.5 Å². The Hall–Kier alpha value is -0.960. The molecule has 1 rings (SSSR count). The Morgan fingerprint density at radius 3 is 2.64 bits per heavy atom. The van der Waals surface area contributed by atoms with Crippen LogP contribution in [0, 0.1) is 0 Å². The quantitative estimate of drug-likeness (QED) is 0.645. The summed E-state index contributed by atoms with van der Waals surface area (Å²) in [4.78, 5) is 19.4. The van der Waals surface area contributed by atoms with E-state index in [1.54, 1.807) is 24.3 Å². The lowest BCUT2D eigenvalue weighted by atomic mass is 10.1. The second kappa shape index (κ2) is 5.70. The third-order valence-corrected chi connectivity index (χ3v) is 2.15. The molecule has 1 aromatic rings. The maximum Gasteiger partial charge on any atom is 0.227 e. The molecule has 0 radical (unpaired) electrons. The van der Waals surface area contributed by atoms with Crippen LogP contribution in [0.3, 0.4) is 0 Å². The van der Waals surface area contributed by atoms with Crippen molar-refractivity contribution < 1.29 is 14.8 Å². The first-order valence-electron chi connectivity index (χ1n) is 4.15. The van der Waals surface area contributed by atoms with Crippen molar-refractivity contribution in [1.82, 2.24) is 5.09 Å². The summed E-state index contributed by atoms with van der Waals surface area (Å²) in [5, 5.41) is 11.8. The molecule has 3 N–H and O–H groups in total. The highest BCUT2D eigenvalue weighted by molar-refractivity contribution is 7.29. The van der Waals surface area contributed by atoms with Gasteiger partial charge in [0, 0.05) is 0 Å². The van der Waals surface area contributed by atoms with Gasteiger partial charge in [-0.05, 0) is 5.56 Å². The van der Waals surface area contributed by atoms with Crippen molar-refractivity contribution in [3.8, 4) is 0 Å². The first-order valence-corrected chi connectivity index (χ1v) is 5.09. The number of aliphatic hydroxyl groups excluding tert-OH is 1. The van der Waals surface area contributed by atoms with Gasteiger partial charge in [0.25, 0.3) is 0 Å². The summed E-state index contributed by atoms with van der Waals surface area (Å²) >= 11 is 0. The van der Waals surface area contributed by atoms with Gasteiger partial charge in [-0.3, -0.25) is 4.79 Å². The number of rotatable bonds is 4. The van der Waals surface area contributed by atoms with E-state index < -0.39 is 15.1 Å². The fourth-order valence-corrected chi connectivity index (χ4v) is 1.31. The molecular weight excluding hydrogens is 201 g/mol. The van der Waals surface area contributed by atoms with E-state index in [9.17, 15) is 9.90 Å². The van der Waals surface area contributed by atoms with E-state index in [0.717, 1.165) is 0 Å². The van der Waals surface area contributed by atoms with Gasteiger partial charge in [0.1, 0.15) is 8.96 Å². The molecule has 2 atom stereocenters. The normalized spacial score (nSPS) is 13.0. The maximum atomic E-state index is 11.0. The van der Waals surface area contributed by atoms with E-state index >= 15 is 0 Å². The van der Waals surface area contributed by atoms with E-state index in [0.29, 0.717) is 5.56 Å². The van der Waals surface area contributed by atoms with Gasteiger partial charge in [0.15, 0.2) is 0 Å². The van der Waals surface area contributed by atoms with Gasteiger partial charge in [0.05, 0.1) is 12.5 Å². The number of hydrogen-bond acceptors (Lipinski definition) is 3. The average molecular weight is 213 g/mol. The Labute approximate surface area is 83.9 Å². The van der Waals surface area contributed by atoms with E-state index in [2.05, 4.69) is 5.09 Å². The first kappa shape index (κ1) is 11.1. The van der Waals surface area contributed by atoms with Crippen LogP contribution in [0.1, 0.15) is 18.1 Å². The molecule has 0 spiro atoms. The second-order valence-electron chi connectivity index (χ2n) is 2.79. The zero-order valence-corrected chi connectivity index (χ0v) is 8.47. The second-order valence-corrected chi connectivity index (χ2v) is 3.26. The summed E-state index contributed by atoms with van der Waals surface area (Å²) < 4.78 is 0. The third kappa shape index (κ3) is 3.42. The smallest absolute Gasteiger partial charge is 0.227 e. The molecule has 14 heavy (non-hydrogen) atoms. The molecule has 1 aromatic carbocycles. The largest absolute Gasteiger partial charge is 0.388 e. The lowest BCUT2D eigenvalue weighted by molar-refractivity contribution is -0.121. The SMILES string of the molecule is O=C(CC(O)c1ccccc1)NPO. The van der Waals surface area contributed by atoms with Crippen LogP contribution >= 0.6 is 8.96 Å². The summed E-state index contributed by atoms with van der Waals surface area (Å²) in [7, 11) is -0.615. The van der Waals surface area contributed by atoms with Gasteiger partial charge < -0.3 is 15.1 Å². The number of nitrogens with one attached hydrogen (secondary N) is 1. The highest BCUT2D eigenvalue weighted by atomic mass is 31.1. The van der Waals surface area contributed by atoms with Crippen molar-refractivity contribution in [3.05, 3.63) is 35.9 Å². The number of hydrogen-bond donors (Lipinski definition) is 3. The lowest BCUT2D eigenvalue weighted by Crippen LogP contribution is -2.17. The molecule has 0 saturated carbocycles. The van der Waals surface area contributed by atoms with Gasteiger partial charge in [-0.1, -0.05) is 30.3 Å². The monoisotopic (exact) mass is 213 g/mol. The third-order valence-electron chi connectivity index (χ3n) is 1.76. The van der Waals surface area contributed by atoms with Gasteiger partial charge in [-0.25, -0.2) is 0 Å². The van der Waals surface area contributed by atoms with Crippen molar-refractivity contribution in [2.24, 2.45) is 0 Å². The summed E-state index contributed by atoms with van der Waals surface area (Å²) in [6.07, 6.45) is -0.843. The Kier molecular flexibility index (Phi) is 4.53. The molecule has 0 aliphatic carbocycles. The zero-order valence-electron chi connectivity index (χ0n) is 7.47. The van der Waals surface area contributed by atoms with Crippen LogP contribution in [0.15, 0.2) is 30.3 Å². The van der Waals surface area contributed by atoms with Crippen LogP contribution in [0.2, 0.25) is 0 Å². The van der Waals surface area contributed by atoms with Crippen LogP contribution in [0.25, 0.3) is 0 Å². The molecule has 0 aliphatic heterocycles. The summed E-state index contributed by atoms with van der Waals surface area (Å²) in [5.41, 5.74) is 0.698. The minimum atomic E-state index is -0.812. The summed E-state index contributed by atoms with van der Waals surface area (Å²) in [6, 6.07) is 8.93. The fourth-order valence-electron chi connectivity index (χ4n) is 1.08. The van der Waals surface area contributed by atoms with E-state index in [1.807, 2.05) is 6.07 Å². The number of amides is 1. The molecule has 0 saturated heterocycles. The lowest BCUT2D eigenvalue weighted by Gasteiger charge is -2.09. The van der Waals surface area contributed by atoms with Crippen LogP contribution in [0.5, 0.6) is 0 Å². The van der Waals surface area contributed by atoms with Crippen LogP contribution in [0.4, 0.5) is 0 Å². The molecular formula is C9H12NO3P. The predicted molar refractivity (Wildman–Crippen MR) is 54.7 cm³/mol. The van der Waals surface area contributed by atoms with E-state index in [4.69, 9.17) is 4.89 Å². The Balaban J connectivity index is 2.50. The van der Waals surface area contributed by atoms with Crippen LogP contribution in [-0.2, 0) is 4.79 Å². The van der Waals surface area contributed by atoms with Crippen molar-refractivity contribution >= 4 is 14.9 Å². The molecule has 0 bridgehead atoms. The minimum Gasteiger partial charge on any atom is -0.388 e. The molecule has 0 aliphatic rings. The van der Waals surface area contributed by atoms with Gasteiger partial charge >= 0.3 is 0 Å². The topological polar surface area (TPSA) is 69.6 Å². The highest BCUT2D eigenvalue weighted by Crippen LogP contribution is 2.16. The van der Waals surface area contributed by atoms with E-state index in [1.165, 1.54) is 0 Å². The number of carbonyl (C=O) groups is 1.